The Balaban J connectivity index is 2.19. The summed E-state index contributed by atoms with van der Waals surface area (Å²) in [5, 5.41) is 20.6. The number of amides is 1. The molecular weight excluding hydrogens is 360 g/mol. The van der Waals surface area contributed by atoms with Crippen LogP contribution in [-0.4, -0.2) is 17.0 Å². The molecule has 0 saturated carbocycles. The molecule has 114 valence electrons. The van der Waals surface area contributed by atoms with Gasteiger partial charge in [0.05, 0.1) is 5.56 Å². The van der Waals surface area contributed by atoms with Gasteiger partial charge in [0.15, 0.2) is 0 Å². The number of aromatic carboxylic acids is 1. The van der Waals surface area contributed by atoms with Crippen LogP contribution < -0.4 is 5.32 Å². The van der Waals surface area contributed by atoms with E-state index in [0.29, 0.717) is 11.3 Å². The summed E-state index contributed by atoms with van der Waals surface area (Å²) in [4.78, 5) is 22.9. The Bertz CT molecular complexity index is 820. The third-order valence-corrected chi connectivity index (χ3v) is 3.68. The molecule has 23 heavy (non-hydrogen) atoms. The van der Waals surface area contributed by atoms with Gasteiger partial charge in [-0.1, -0.05) is 34.1 Å². The fraction of sp³-hybridized carbons (Fsp3) is 0. The molecule has 0 heterocycles. The Morgan fingerprint density at radius 3 is 2.35 bits per heavy atom. The monoisotopic (exact) mass is 370 g/mol. The van der Waals surface area contributed by atoms with Crippen molar-refractivity contribution < 1.29 is 14.7 Å². The molecule has 0 aliphatic rings. The van der Waals surface area contributed by atoms with Crippen LogP contribution in [0.5, 0.6) is 0 Å². The zero-order chi connectivity index (χ0) is 16.8. The first-order chi connectivity index (χ1) is 11.0. The molecule has 0 fully saturated rings. The van der Waals surface area contributed by atoms with E-state index in [2.05, 4.69) is 21.2 Å². The lowest BCUT2D eigenvalue weighted by Gasteiger charge is -2.05. The van der Waals surface area contributed by atoms with Crippen molar-refractivity contribution in [2.75, 3.05) is 5.32 Å². The number of hydrogen-bond acceptors (Lipinski definition) is 3. The van der Waals surface area contributed by atoms with Gasteiger partial charge >= 0.3 is 5.97 Å². The van der Waals surface area contributed by atoms with Gasteiger partial charge in [-0.2, -0.15) is 5.26 Å². The van der Waals surface area contributed by atoms with Crippen molar-refractivity contribution in [1.82, 2.24) is 0 Å². The zero-order valence-corrected chi connectivity index (χ0v) is 13.4. The Kier molecular flexibility index (Phi) is 5.28. The maximum Gasteiger partial charge on any atom is 0.335 e. The maximum atomic E-state index is 12.1. The standard InChI is InChI=1S/C17H11BrN2O3/c18-15-4-2-1-3-12(15)9-13(10-19)16(21)20-14-7-5-11(6-8-14)17(22)23/h1-9H,(H,20,21)(H,22,23)/b13-9+. The Morgan fingerprint density at radius 1 is 1.13 bits per heavy atom. The van der Waals surface area contributed by atoms with E-state index in [0.717, 1.165) is 4.47 Å². The van der Waals surface area contributed by atoms with Gasteiger partial charge in [0.2, 0.25) is 0 Å². The van der Waals surface area contributed by atoms with Gasteiger partial charge in [-0.3, -0.25) is 4.79 Å². The van der Waals surface area contributed by atoms with Crippen LogP contribution in [0.25, 0.3) is 6.08 Å². The Morgan fingerprint density at radius 2 is 1.78 bits per heavy atom. The second kappa shape index (κ2) is 7.38. The van der Waals surface area contributed by atoms with Crippen LogP contribution in [0.3, 0.4) is 0 Å². The van der Waals surface area contributed by atoms with Gasteiger partial charge in [-0.05, 0) is 42.0 Å². The summed E-state index contributed by atoms with van der Waals surface area (Å²) in [7, 11) is 0. The number of carbonyl (C=O) groups is 2. The summed E-state index contributed by atoms with van der Waals surface area (Å²) in [6, 6.07) is 14.8. The van der Waals surface area contributed by atoms with Gasteiger partial charge in [-0.25, -0.2) is 4.79 Å². The number of carboxylic acid groups (broad SMARTS) is 1. The lowest BCUT2D eigenvalue weighted by Crippen LogP contribution is -2.13. The summed E-state index contributed by atoms with van der Waals surface area (Å²) in [6.45, 7) is 0. The highest BCUT2D eigenvalue weighted by atomic mass is 79.9. The number of anilines is 1. The first-order valence-corrected chi connectivity index (χ1v) is 7.31. The van der Waals surface area contributed by atoms with E-state index in [1.54, 1.807) is 12.1 Å². The number of hydrogen-bond donors (Lipinski definition) is 2. The molecule has 0 bridgehead atoms. The average Bonchev–Trinajstić information content (AvgIpc) is 2.54. The SMILES string of the molecule is N#C/C(=C\c1ccccc1Br)C(=O)Nc1ccc(C(=O)O)cc1. The Hall–Kier alpha value is -2.91. The van der Waals surface area contributed by atoms with Crippen LogP contribution in [0.1, 0.15) is 15.9 Å². The molecule has 0 radical (unpaired) electrons. The third kappa shape index (κ3) is 4.28. The quantitative estimate of drug-likeness (QED) is 0.634. The molecule has 1 amide bonds. The van der Waals surface area contributed by atoms with Crippen molar-refractivity contribution >= 4 is 39.6 Å². The molecule has 6 heteroatoms. The number of nitrogens with one attached hydrogen (secondary N) is 1. The van der Waals surface area contributed by atoms with E-state index in [1.807, 2.05) is 18.2 Å². The van der Waals surface area contributed by atoms with Crippen LogP contribution in [0.2, 0.25) is 0 Å². The number of rotatable bonds is 4. The van der Waals surface area contributed by atoms with Gasteiger partial charge in [0, 0.05) is 10.2 Å². The summed E-state index contributed by atoms with van der Waals surface area (Å²) in [5.41, 5.74) is 1.18. The van der Waals surface area contributed by atoms with Crippen molar-refractivity contribution in [2.45, 2.75) is 0 Å². The van der Waals surface area contributed by atoms with Gasteiger partial charge < -0.3 is 10.4 Å². The summed E-state index contributed by atoms with van der Waals surface area (Å²) in [6.07, 6.45) is 1.48. The van der Waals surface area contributed by atoms with Crippen LogP contribution in [0, 0.1) is 11.3 Å². The molecule has 2 aromatic rings. The van der Waals surface area contributed by atoms with Crippen LogP contribution >= 0.6 is 15.9 Å². The molecular formula is C17H11BrN2O3. The Labute approximate surface area is 141 Å². The zero-order valence-electron chi connectivity index (χ0n) is 11.8. The average molecular weight is 371 g/mol. The van der Waals surface area contributed by atoms with E-state index < -0.39 is 11.9 Å². The van der Waals surface area contributed by atoms with Crippen molar-refractivity contribution in [3.8, 4) is 6.07 Å². The minimum absolute atomic E-state index is 0.0563. The highest BCUT2D eigenvalue weighted by molar-refractivity contribution is 9.10. The normalized spacial score (nSPS) is 10.7. The first kappa shape index (κ1) is 16.5. The van der Waals surface area contributed by atoms with E-state index in [1.165, 1.54) is 30.3 Å². The van der Waals surface area contributed by atoms with Crippen molar-refractivity contribution in [2.24, 2.45) is 0 Å². The molecule has 2 N–H and O–H groups in total. The maximum absolute atomic E-state index is 12.1. The van der Waals surface area contributed by atoms with Crippen LogP contribution in [0.15, 0.2) is 58.6 Å². The molecule has 5 nitrogen and oxygen atoms in total. The number of halogens is 1. The molecule has 0 saturated heterocycles. The first-order valence-electron chi connectivity index (χ1n) is 6.52. The number of carbonyl (C=O) groups excluding carboxylic acids is 1. The summed E-state index contributed by atoms with van der Waals surface area (Å²) < 4.78 is 0.770. The number of carboxylic acids is 1. The molecule has 0 aromatic heterocycles. The smallest absolute Gasteiger partial charge is 0.335 e. The fourth-order valence-electron chi connectivity index (χ4n) is 1.79. The van der Waals surface area contributed by atoms with E-state index in [9.17, 15) is 14.9 Å². The highest BCUT2D eigenvalue weighted by Crippen LogP contribution is 2.19. The molecule has 0 spiro atoms. The van der Waals surface area contributed by atoms with Gasteiger partial charge in [0.25, 0.3) is 5.91 Å². The number of nitriles is 1. The predicted molar refractivity (Wildman–Crippen MR) is 89.8 cm³/mol. The largest absolute Gasteiger partial charge is 0.478 e. The van der Waals surface area contributed by atoms with Crippen molar-refractivity contribution in [1.29, 1.82) is 5.26 Å². The molecule has 2 rings (SSSR count). The second-order valence-electron chi connectivity index (χ2n) is 4.53. The molecule has 0 atom stereocenters. The van der Waals surface area contributed by atoms with Crippen molar-refractivity contribution in [3.05, 3.63) is 69.7 Å². The number of nitrogens with zero attached hydrogens (tertiary/aromatic N) is 1. The number of benzene rings is 2. The minimum Gasteiger partial charge on any atom is -0.478 e. The van der Waals surface area contributed by atoms with Crippen LogP contribution in [0.4, 0.5) is 5.69 Å². The topological polar surface area (TPSA) is 90.2 Å². The highest BCUT2D eigenvalue weighted by Gasteiger charge is 2.11. The molecule has 0 aliphatic heterocycles. The van der Waals surface area contributed by atoms with Crippen LogP contribution in [-0.2, 0) is 4.79 Å². The predicted octanol–water partition coefficient (Wildman–Crippen LogP) is 3.69. The minimum atomic E-state index is -1.05. The lowest BCUT2D eigenvalue weighted by atomic mass is 10.1. The van der Waals surface area contributed by atoms with E-state index >= 15 is 0 Å². The summed E-state index contributed by atoms with van der Waals surface area (Å²) >= 11 is 3.35. The lowest BCUT2D eigenvalue weighted by molar-refractivity contribution is -0.112. The second-order valence-corrected chi connectivity index (χ2v) is 5.38. The van der Waals surface area contributed by atoms with E-state index in [4.69, 9.17) is 5.11 Å². The fourth-order valence-corrected chi connectivity index (χ4v) is 2.19. The third-order valence-electron chi connectivity index (χ3n) is 2.96. The molecule has 0 aliphatic carbocycles. The van der Waals surface area contributed by atoms with Gasteiger partial charge in [-0.15, -0.1) is 0 Å². The van der Waals surface area contributed by atoms with Crippen molar-refractivity contribution in [3.63, 3.8) is 0 Å². The molecule has 2 aromatic carbocycles. The van der Waals surface area contributed by atoms with Gasteiger partial charge in [0.1, 0.15) is 11.6 Å². The van der Waals surface area contributed by atoms with E-state index in [-0.39, 0.29) is 11.1 Å². The molecule has 0 unspecified atom stereocenters. The summed E-state index contributed by atoms with van der Waals surface area (Å²) in [5.74, 6) is -1.61.